The van der Waals surface area contributed by atoms with Gasteiger partial charge in [0, 0.05) is 25.4 Å². The summed E-state index contributed by atoms with van der Waals surface area (Å²) in [4.78, 5) is 8.89. The number of ether oxygens (including phenoxy) is 1. The Morgan fingerprint density at radius 2 is 1.86 bits per heavy atom. The molecule has 0 atom stereocenters. The lowest BCUT2D eigenvalue weighted by atomic mass is 10.1. The highest BCUT2D eigenvalue weighted by Gasteiger charge is 2.06. The Balaban J connectivity index is 2.31. The highest BCUT2D eigenvalue weighted by molar-refractivity contribution is 5.63. The maximum absolute atomic E-state index is 5.13. The second-order valence-electron chi connectivity index (χ2n) is 4.96. The molecule has 0 saturated carbocycles. The molecule has 0 fully saturated rings. The number of nitrogens with one attached hydrogen (secondary N) is 2. The van der Waals surface area contributed by atoms with Crippen molar-refractivity contribution in [3.63, 3.8) is 0 Å². The topological polar surface area (TPSA) is 59.1 Å². The summed E-state index contributed by atoms with van der Waals surface area (Å²) >= 11 is 0. The van der Waals surface area contributed by atoms with Crippen molar-refractivity contribution in [2.75, 3.05) is 24.3 Å². The summed E-state index contributed by atoms with van der Waals surface area (Å²) in [6, 6.07) is 8.21. The highest BCUT2D eigenvalue weighted by atomic mass is 16.5. The van der Waals surface area contributed by atoms with Crippen molar-refractivity contribution in [3.8, 4) is 0 Å². The van der Waals surface area contributed by atoms with Gasteiger partial charge < -0.3 is 15.4 Å². The molecule has 0 unspecified atom stereocenters. The predicted octanol–water partition coefficient (Wildman–Crippen LogP) is 3.42. The molecule has 0 aliphatic heterocycles. The number of aromatic nitrogens is 2. The van der Waals surface area contributed by atoms with Gasteiger partial charge in [-0.15, -0.1) is 0 Å². The minimum absolute atomic E-state index is 0.390. The van der Waals surface area contributed by atoms with Gasteiger partial charge in [-0.3, -0.25) is 0 Å². The molecule has 0 saturated heterocycles. The number of benzene rings is 1. The van der Waals surface area contributed by atoms with Gasteiger partial charge in [0.2, 0.25) is 0 Å². The molecule has 1 aromatic heterocycles. The number of methoxy groups -OCH3 is 1. The molecule has 2 N–H and O–H groups in total. The lowest BCUT2D eigenvalue weighted by Gasteiger charge is -2.12. The first-order valence-electron chi connectivity index (χ1n) is 7.07. The van der Waals surface area contributed by atoms with E-state index in [0.29, 0.717) is 12.4 Å². The SMILES string of the molecule is CCNc1cc(Nc2cc(C)ccc2C)nc(COC)n1. The van der Waals surface area contributed by atoms with Crippen molar-refractivity contribution in [2.45, 2.75) is 27.4 Å². The van der Waals surface area contributed by atoms with Gasteiger partial charge in [0.05, 0.1) is 0 Å². The van der Waals surface area contributed by atoms with E-state index in [2.05, 4.69) is 52.6 Å². The first-order valence-corrected chi connectivity index (χ1v) is 7.07. The van der Waals surface area contributed by atoms with Crippen LogP contribution in [0.3, 0.4) is 0 Å². The van der Waals surface area contributed by atoms with Gasteiger partial charge in [-0.05, 0) is 38.0 Å². The van der Waals surface area contributed by atoms with Crippen molar-refractivity contribution in [1.82, 2.24) is 9.97 Å². The van der Waals surface area contributed by atoms with E-state index in [0.717, 1.165) is 23.9 Å². The van der Waals surface area contributed by atoms with E-state index in [-0.39, 0.29) is 0 Å². The second kappa shape index (κ2) is 7.04. The molecule has 1 heterocycles. The molecule has 5 heteroatoms. The van der Waals surface area contributed by atoms with Crippen LogP contribution in [0, 0.1) is 13.8 Å². The van der Waals surface area contributed by atoms with Crippen LogP contribution in [0.15, 0.2) is 24.3 Å². The van der Waals surface area contributed by atoms with Gasteiger partial charge in [-0.1, -0.05) is 12.1 Å². The monoisotopic (exact) mass is 286 g/mol. The van der Waals surface area contributed by atoms with E-state index >= 15 is 0 Å². The van der Waals surface area contributed by atoms with Gasteiger partial charge >= 0.3 is 0 Å². The van der Waals surface area contributed by atoms with Crippen LogP contribution in [0.1, 0.15) is 23.9 Å². The minimum Gasteiger partial charge on any atom is -0.377 e. The average molecular weight is 286 g/mol. The van der Waals surface area contributed by atoms with E-state index in [1.54, 1.807) is 7.11 Å². The lowest BCUT2D eigenvalue weighted by Crippen LogP contribution is -2.07. The van der Waals surface area contributed by atoms with Crippen LogP contribution in [0.4, 0.5) is 17.3 Å². The summed E-state index contributed by atoms with van der Waals surface area (Å²) in [5.74, 6) is 2.22. The number of nitrogens with zero attached hydrogens (tertiary/aromatic N) is 2. The van der Waals surface area contributed by atoms with Crippen LogP contribution in [0.25, 0.3) is 0 Å². The normalized spacial score (nSPS) is 10.5. The predicted molar refractivity (Wildman–Crippen MR) is 86.1 cm³/mol. The molecule has 5 nitrogen and oxygen atoms in total. The van der Waals surface area contributed by atoms with Crippen LogP contribution in [-0.2, 0) is 11.3 Å². The summed E-state index contributed by atoms with van der Waals surface area (Å²) in [5.41, 5.74) is 3.44. The van der Waals surface area contributed by atoms with E-state index < -0.39 is 0 Å². The van der Waals surface area contributed by atoms with Gasteiger partial charge in [-0.25, -0.2) is 9.97 Å². The number of aryl methyl sites for hydroxylation is 2. The standard InChI is InChI=1S/C16H22N4O/c1-5-17-14-9-15(20-16(19-14)10-21-4)18-13-8-11(2)6-7-12(13)3/h6-9H,5,10H2,1-4H3,(H2,17,18,19,20). The Labute approximate surface area is 125 Å². The molecular formula is C16H22N4O. The Hall–Kier alpha value is -2.14. The van der Waals surface area contributed by atoms with Crippen LogP contribution < -0.4 is 10.6 Å². The third kappa shape index (κ3) is 4.16. The number of hydrogen-bond donors (Lipinski definition) is 2. The summed E-state index contributed by atoms with van der Waals surface area (Å²) in [6.45, 7) is 7.39. The molecule has 0 aliphatic rings. The Kier molecular flexibility index (Phi) is 5.11. The molecule has 0 spiro atoms. The van der Waals surface area contributed by atoms with Crippen molar-refractivity contribution >= 4 is 17.3 Å². The van der Waals surface area contributed by atoms with Crippen LogP contribution in [-0.4, -0.2) is 23.6 Å². The first kappa shape index (κ1) is 15.3. The molecule has 112 valence electrons. The zero-order chi connectivity index (χ0) is 15.2. The number of rotatable bonds is 6. The van der Waals surface area contributed by atoms with Gasteiger partial charge in [-0.2, -0.15) is 0 Å². The van der Waals surface area contributed by atoms with Gasteiger partial charge in [0.1, 0.15) is 18.2 Å². The van der Waals surface area contributed by atoms with Crippen molar-refractivity contribution in [3.05, 3.63) is 41.2 Å². The van der Waals surface area contributed by atoms with E-state index in [9.17, 15) is 0 Å². The summed E-state index contributed by atoms with van der Waals surface area (Å²) in [7, 11) is 1.64. The summed E-state index contributed by atoms with van der Waals surface area (Å²) in [5, 5.41) is 6.58. The fraction of sp³-hybridized carbons (Fsp3) is 0.375. The number of hydrogen-bond acceptors (Lipinski definition) is 5. The number of anilines is 3. The molecule has 21 heavy (non-hydrogen) atoms. The van der Waals surface area contributed by atoms with Gasteiger partial charge in [0.25, 0.3) is 0 Å². The van der Waals surface area contributed by atoms with Crippen LogP contribution >= 0.6 is 0 Å². The Bertz CT molecular complexity index is 589. The fourth-order valence-electron chi connectivity index (χ4n) is 2.03. The third-order valence-electron chi connectivity index (χ3n) is 3.06. The largest absolute Gasteiger partial charge is 0.377 e. The van der Waals surface area contributed by atoms with E-state index in [4.69, 9.17) is 4.74 Å². The maximum Gasteiger partial charge on any atom is 0.158 e. The van der Waals surface area contributed by atoms with E-state index in [1.165, 1.54) is 11.1 Å². The molecule has 0 aliphatic carbocycles. The second-order valence-corrected chi connectivity index (χ2v) is 4.96. The third-order valence-corrected chi connectivity index (χ3v) is 3.06. The zero-order valence-corrected chi connectivity index (χ0v) is 13.0. The summed E-state index contributed by atoms with van der Waals surface area (Å²) < 4.78 is 5.13. The molecule has 0 amide bonds. The van der Waals surface area contributed by atoms with Crippen molar-refractivity contribution in [2.24, 2.45) is 0 Å². The van der Waals surface area contributed by atoms with E-state index in [1.807, 2.05) is 13.0 Å². The highest BCUT2D eigenvalue weighted by Crippen LogP contribution is 2.22. The first-order chi connectivity index (χ1) is 10.1. The lowest BCUT2D eigenvalue weighted by molar-refractivity contribution is 0.178. The van der Waals surface area contributed by atoms with Gasteiger partial charge in [0.15, 0.2) is 5.82 Å². The zero-order valence-electron chi connectivity index (χ0n) is 13.0. The average Bonchev–Trinajstić information content (AvgIpc) is 2.43. The maximum atomic E-state index is 5.13. The fourth-order valence-corrected chi connectivity index (χ4v) is 2.03. The smallest absolute Gasteiger partial charge is 0.158 e. The Morgan fingerprint density at radius 3 is 2.57 bits per heavy atom. The molecule has 0 bridgehead atoms. The molecule has 0 radical (unpaired) electrons. The molecule has 2 rings (SSSR count). The van der Waals surface area contributed by atoms with Crippen LogP contribution in [0.5, 0.6) is 0 Å². The van der Waals surface area contributed by atoms with Crippen molar-refractivity contribution in [1.29, 1.82) is 0 Å². The quantitative estimate of drug-likeness (QED) is 0.852. The Morgan fingerprint density at radius 1 is 1.10 bits per heavy atom. The van der Waals surface area contributed by atoms with Crippen molar-refractivity contribution < 1.29 is 4.74 Å². The molecule has 2 aromatic rings. The van der Waals surface area contributed by atoms with Crippen LogP contribution in [0.2, 0.25) is 0 Å². The minimum atomic E-state index is 0.390. The summed E-state index contributed by atoms with van der Waals surface area (Å²) in [6.07, 6.45) is 0. The molecular weight excluding hydrogens is 264 g/mol. The molecule has 1 aromatic carbocycles.